The van der Waals surface area contributed by atoms with Crippen molar-refractivity contribution in [2.24, 2.45) is 0 Å². The van der Waals surface area contributed by atoms with Crippen molar-refractivity contribution in [1.82, 2.24) is 4.98 Å². The average molecular weight is 245 g/mol. The molecule has 1 heterocycles. The van der Waals surface area contributed by atoms with Gasteiger partial charge in [0.2, 0.25) is 0 Å². The summed E-state index contributed by atoms with van der Waals surface area (Å²) < 4.78 is 4.96. The van der Waals surface area contributed by atoms with Gasteiger partial charge in [0.05, 0.1) is 12.3 Å². The first kappa shape index (κ1) is 12.4. The number of anilines is 1. The maximum atomic E-state index is 11.6. The van der Waals surface area contributed by atoms with Crippen molar-refractivity contribution in [1.29, 1.82) is 5.26 Å². The molecule has 18 heavy (non-hydrogen) atoms. The molecule has 0 aromatic carbocycles. The number of carbonyl (C=O) groups excluding carboxylic acids is 1. The second-order valence-electron chi connectivity index (χ2n) is 4.15. The van der Waals surface area contributed by atoms with Gasteiger partial charge in [0, 0.05) is 12.2 Å². The van der Waals surface area contributed by atoms with Crippen LogP contribution in [-0.4, -0.2) is 30.1 Å². The van der Waals surface area contributed by atoms with Crippen molar-refractivity contribution in [2.45, 2.75) is 25.8 Å². The van der Waals surface area contributed by atoms with Crippen molar-refractivity contribution >= 4 is 11.7 Å². The zero-order valence-corrected chi connectivity index (χ0v) is 10.3. The summed E-state index contributed by atoms with van der Waals surface area (Å²) in [4.78, 5) is 17.5. The first-order valence-electron chi connectivity index (χ1n) is 6.03. The van der Waals surface area contributed by atoms with E-state index in [1.54, 1.807) is 19.2 Å². The Morgan fingerprint density at radius 3 is 3.06 bits per heavy atom. The third-order valence-corrected chi connectivity index (χ3v) is 2.79. The van der Waals surface area contributed by atoms with Crippen molar-refractivity contribution in [3.05, 3.63) is 24.0 Å². The second kappa shape index (κ2) is 5.50. The molecule has 0 radical (unpaired) electrons. The van der Waals surface area contributed by atoms with E-state index in [0.717, 1.165) is 18.5 Å². The minimum Gasteiger partial charge on any atom is -0.465 e. The molecule has 0 aliphatic heterocycles. The lowest BCUT2D eigenvalue weighted by molar-refractivity contribution is -0.141. The zero-order valence-electron chi connectivity index (χ0n) is 10.3. The molecule has 0 atom stereocenters. The van der Waals surface area contributed by atoms with Crippen LogP contribution >= 0.6 is 0 Å². The van der Waals surface area contributed by atoms with E-state index in [1.165, 1.54) is 0 Å². The standard InChI is InChI=1S/C13H15N3O2/c1-2-18-13(17)9-16(10-5-6-10)12-4-3-7-15-11(12)8-14/h3-4,7,10H,2,5-6,9H2,1H3. The van der Waals surface area contributed by atoms with Gasteiger partial charge in [0.15, 0.2) is 5.69 Å². The molecule has 0 bridgehead atoms. The first-order valence-corrected chi connectivity index (χ1v) is 6.03. The van der Waals surface area contributed by atoms with Crippen molar-refractivity contribution in [3.63, 3.8) is 0 Å². The summed E-state index contributed by atoms with van der Waals surface area (Å²) in [5, 5.41) is 9.05. The summed E-state index contributed by atoms with van der Waals surface area (Å²) in [5.41, 5.74) is 1.07. The SMILES string of the molecule is CCOC(=O)CN(c1cccnc1C#N)C1CC1. The fraction of sp³-hybridized carbons (Fsp3) is 0.462. The van der Waals surface area contributed by atoms with Crippen LogP contribution in [0.15, 0.2) is 18.3 Å². The summed E-state index contributed by atoms with van der Waals surface area (Å²) in [5.74, 6) is -0.267. The lowest BCUT2D eigenvalue weighted by atomic mass is 10.2. The summed E-state index contributed by atoms with van der Waals surface area (Å²) in [6.07, 6.45) is 3.66. The molecule has 0 unspecified atom stereocenters. The van der Waals surface area contributed by atoms with E-state index in [0.29, 0.717) is 18.3 Å². The molecular weight excluding hydrogens is 230 g/mol. The lowest BCUT2D eigenvalue weighted by Crippen LogP contribution is -2.33. The van der Waals surface area contributed by atoms with Crippen LogP contribution in [0.5, 0.6) is 0 Å². The molecule has 1 aliphatic rings. The number of nitriles is 1. The topological polar surface area (TPSA) is 66.2 Å². The van der Waals surface area contributed by atoms with Gasteiger partial charge in [-0.05, 0) is 31.9 Å². The number of pyridine rings is 1. The molecule has 5 heteroatoms. The summed E-state index contributed by atoms with van der Waals surface area (Å²) in [6.45, 7) is 2.33. The molecule has 0 amide bonds. The predicted molar refractivity (Wildman–Crippen MR) is 66.0 cm³/mol. The number of esters is 1. The average Bonchev–Trinajstić information content (AvgIpc) is 3.20. The Hall–Kier alpha value is -2.09. The van der Waals surface area contributed by atoms with Crippen LogP contribution in [-0.2, 0) is 9.53 Å². The number of carbonyl (C=O) groups is 1. The minimum atomic E-state index is -0.267. The van der Waals surface area contributed by atoms with Crippen LogP contribution in [0, 0.1) is 11.3 Å². The van der Waals surface area contributed by atoms with E-state index < -0.39 is 0 Å². The molecule has 1 fully saturated rings. The highest BCUT2D eigenvalue weighted by Gasteiger charge is 2.32. The van der Waals surface area contributed by atoms with Gasteiger partial charge in [0.1, 0.15) is 12.6 Å². The summed E-state index contributed by atoms with van der Waals surface area (Å²) in [6, 6.07) is 5.98. The molecule has 1 aromatic heterocycles. The number of hydrogen-bond donors (Lipinski definition) is 0. The molecule has 1 aliphatic carbocycles. The number of ether oxygens (including phenoxy) is 1. The smallest absolute Gasteiger partial charge is 0.325 e. The first-order chi connectivity index (χ1) is 8.76. The fourth-order valence-corrected chi connectivity index (χ4v) is 1.86. The maximum Gasteiger partial charge on any atom is 0.325 e. The molecule has 0 saturated heterocycles. The van der Waals surface area contributed by atoms with Gasteiger partial charge >= 0.3 is 5.97 Å². The van der Waals surface area contributed by atoms with E-state index in [9.17, 15) is 4.79 Å². The highest BCUT2D eigenvalue weighted by molar-refractivity contribution is 5.77. The van der Waals surface area contributed by atoms with Crippen molar-refractivity contribution in [3.8, 4) is 6.07 Å². The van der Waals surface area contributed by atoms with Crippen molar-refractivity contribution in [2.75, 3.05) is 18.1 Å². The fourth-order valence-electron chi connectivity index (χ4n) is 1.86. The Balaban J connectivity index is 2.19. The Bertz CT molecular complexity index is 477. The van der Waals surface area contributed by atoms with E-state index >= 15 is 0 Å². The molecule has 0 N–H and O–H groups in total. The van der Waals surface area contributed by atoms with Crippen LogP contribution in [0.4, 0.5) is 5.69 Å². The Labute approximate surface area is 106 Å². The van der Waals surface area contributed by atoms with Crippen LogP contribution in [0.1, 0.15) is 25.5 Å². The summed E-state index contributed by atoms with van der Waals surface area (Å²) >= 11 is 0. The molecule has 0 spiro atoms. The molecular formula is C13H15N3O2. The maximum absolute atomic E-state index is 11.6. The van der Waals surface area contributed by atoms with Gasteiger partial charge in [-0.15, -0.1) is 0 Å². The van der Waals surface area contributed by atoms with Gasteiger partial charge < -0.3 is 9.64 Å². The van der Waals surface area contributed by atoms with Gasteiger partial charge in [-0.25, -0.2) is 4.98 Å². The largest absolute Gasteiger partial charge is 0.465 e. The number of hydrogen-bond acceptors (Lipinski definition) is 5. The van der Waals surface area contributed by atoms with Gasteiger partial charge in [-0.3, -0.25) is 4.79 Å². The zero-order chi connectivity index (χ0) is 13.0. The van der Waals surface area contributed by atoms with E-state index in [4.69, 9.17) is 10.00 Å². The third kappa shape index (κ3) is 2.77. The molecule has 1 aromatic rings. The monoisotopic (exact) mass is 245 g/mol. The Morgan fingerprint density at radius 1 is 1.67 bits per heavy atom. The molecule has 94 valence electrons. The van der Waals surface area contributed by atoms with Crippen LogP contribution in [0.2, 0.25) is 0 Å². The second-order valence-corrected chi connectivity index (χ2v) is 4.15. The highest BCUT2D eigenvalue weighted by Crippen LogP contribution is 2.32. The van der Waals surface area contributed by atoms with Gasteiger partial charge in [-0.1, -0.05) is 0 Å². The normalized spacial score (nSPS) is 13.8. The van der Waals surface area contributed by atoms with Crippen LogP contribution in [0.25, 0.3) is 0 Å². The molecule has 1 saturated carbocycles. The quantitative estimate of drug-likeness (QED) is 0.735. The molecule has 2 rings (SSSR count). The third-order valence-electron chi connectivity index (χ3n) is 2.79. The van der Waals surface area contributed by atoms with Gasteiger partial charge in [-0.2, -0.15) is 5.26 Å². The van der Waals surface area contributed by atoms with Crippen LogP contribution in [0.3, 0.4) is 0 Å². The van der Waals surface area contributed by atoms with E-state index in [-0.39, 0.29) is 12.5 Å². The number of nitrogens with zero attached hydrogens (tertiary/aromatic N) is 3. The molecule has 5 nitrogen and oxygen atoms in total. The predicted octanol–water partition coefficient (Wildman–Crippen LogP) is 1.49. The summed E-state index contributed by atoms with van der Waals surface area (Å²) in [7, 11) is 0. The number of rotatable bonds is 5. The van der Waals surface area contributed by atoms with Gasteiger partial charge in [0.25, 0.3) is 0 Å². The Morgan fingerprint density at radius 2 is 2.44 bits per heavy atom. The highest BCUT2D eigenvalue weighted by atomic mass is 16.5. The van der Waals surface area contributed by atoms with E-state index in [2.05, 4.69) is 11.1 Å². The Kier molecular flexibility index (Phi) is 3.78. The van der Waals surface area contributed by atoms with E-state index in [1.807, 2.05) is 11.0 Å². The number of aromatic nitrogens is 1. The lowest BCUT2D eigenvalue weighted by Gasteiger charge is -2.23. The van der Waals surface area contributed by atoms with Crippen molar-refractivity contribution < 1.29 is 9.53 Å². The minimum absolute atomic E-state index is 0.179. The van der Waals surface area contributed by atoms with Crippen LogP contribution < -0.4 is 4.90 Å².